The molecule has 1 aromatic heterocycles. The number of hydrogen-bond donors (Lipinski definition) is 1. The summed E-state index contributed by atoms with van der Waals surface area (Å²) in [6.07, 6.45) is 3.61. The van der Waals surface area contributed by atoms with Crippen molar-refractivity contribution >= 4 is 17.5 Å². The molecule has 0 bridgehead atoms. The predicted octanol–water partition coefficient (Wildman–Crippen LogP) is 3.05. The Morgan fingerprint density at radius 2 is 2.00 bits per heavy atom. The second kappa shape index (κ2) is 7.01. The second-order valence-corrected chi connectivity index (χ2v) is 4.97. The zero-order valence-corrected chi connectivity index (χ0v) is 12.0. The Balaban J connectivity index is 1.81. The van der Waals surface area contributed by atoms with Gasteiger partial charge >= 0.3 is 0 Å². The minimum atomic E-state index is -0.227. The van der Waals surface area contributed by atoms with Crippen LogP contribution in [0, 0.1) is 0 Å². The van der Waals surface area contributed by atoms with Crippen molar-refractivity contribution in [2.24, 2.45) is 0 Å². The summed E-state index contributed by atoms with van der Waals surface area (Å²) in [5.41, 5.74) is 1.55. The third kappa shape index (κ3) is 4.03. The maximum Gasteiger partial charge on any atom is 0.271 e. The summed E-state index contributed by atoms with van der Waals surface area (Å²) in [7, 11) is 0. The van der Waals surface area contributed by atoms with E-state index in [1.807, 2.05) is 18.2 Å². The van der Waals surface area contributed by atoms with Gasteiger partial charge in [0.1, 0.15) is 10.8 Å². The zero-order chi connectivity index (χ0) is 14.4. The summed E-state index contributed by atoms with van der Waals surface area (Å²) >= 11 is 5.62. The highest BCUT2D eigenvalue weighted by molar-refractivity contribution is 6.29. The van der Waals surface area contributed by atoms with E-state index >= 15 is 0 Å². The molecule has 104 valence electrons. The Bertz CT molecular complexity index is 557. The van der Waals surface area contributed by atoms with Gasteiger partial charge in [-0.3, -0.25) is 4.79 Å². The molecular weight excluding hydrogens is 274 g/mol. The summed E-state index contributed by atoms with van der Waals surface area (Å²) in [5.74, 6) is 0.169. The number of amides is 1. The maximum atomic E-state index is 11.8. The molecule has 1 N–H and O–H groups in total. The Labute approximate surface area is 123 Å². The SMILES string of the molecule is CC(CCNC(=O)c1cnc(Cl)cn1)c1ccccc1. The van der Waals surface area contributed by atoms with Gasteiger partial charge in [0, 0.05) is 6.54 Å². The Morgan fingerprint density at radius 1 is 1.25 bits per heavy atom. The standard InChI is InChI=1S/C15H16ClN3O/c1-11(12-5-3-2-4-6-12)7-8-17-15(20)13-9-19-14(16)10-18-13/h2-6,9-11H,7-8H2,1H3,(H,17,20). The molecule has 0 fully saturated rings. The topological polar surface area (TPSA) is 54.9 Å². The lowest BCUT2D eigenvalue weighted by Gasteiger charge is -2.12. The van der Waals surface area contributed by atoms with Crippen molar-refractivity contribution in [3.05, 3.63) is 59.1 Å². The summed E-state index contributed by atoms with van der Waals surface area (Å²) in [6, 6.07) is 10.2. The van der Waals surface area contributed by atoms with Crippen molar-refractivity contribution in [2.75, 3.05) is 6.54 Å². The third-order valence-electron chi connectivity index (χ3n) is 3.08. The first-order chi connectivity index (χ1) is 9.66. The number of carbonyl (C=O) groups excluding carboxylic acids is 1. The molecule has 2 aromatic rings. The largest absolute Gasteiger partial charge is 0.351 e. The number of carbonyl (C=O) groups is 1. The molecule has 0 saturated carbocycles. The molecule has 0 aliphatic carbocycles. The summed E-state index contributed by atoms with van der Waals surface area (Å²) < 4.78 is 0. The fraction of sp³-hybridized carbons (Fsp3) is 0.267. The Kier molecular flexibility index (Phi) is 5.07. The van der Waals surface area contributed by atoms with Gasteiger partial charge < -0.3 is 5.32 Å². The molecule has 0 aliphatic heterocycles. The normalized spacial score (nSPS) is 11.9. The highest BCUT2D eigenvalue weighted by Crippen LogP contribution is 2.17. The molecule has 0 aliphatic rings. The number of nitrogens with one attached hydrogen (secondary N) is 1. The Morgan fingerprint density at radius 3 is 2.65 bits per heavy atom. The van der Waals surface area contributed by atoms with Gasteiger partial charge in [0.2, 0.25) is 0 Å². The molecule has 20 heavy (non-hydrogen) atoms. The highest BCUT2D eigenvalue weighted by Gasteiger charge is 2.09. The van der Waals surface area contributed by atoms with Crippen LogP contribution in [0.25, 0.3) is 0 Å². The van der Waals surface area contributed by atoms with Gasteiger partial charge in [0.25, 0.3) is 5.91 Å². The average Bonchev–Trinajstić information content (AvgIpc) is 2.48. The van der Waals surface area contributed by atoms with E-state index < -0.39 is 0 Å². The van der Waals surface area contributed by atoms with Gasteiger partial charge in [-0.15, -0.1) is 0 Å². The minimum absolute atomic E-state index is 0.227. The van der Waals surface area contributed by atoms with E-state index in [1.165, 1.54) is 18.0 Å². The van der Waals surface area contributed by atoms with Crippen LogP contribution in [0.15, 0.2) is 42.7 Å². The van der Waals surface area contributed by atoms with Gasteiger partial charge in [0.05, 0.1) is 12.4 Å². The lowest BCUT2D eigenvalue weighted by atomic mass is 9.98. The quantitative estimate of drug-likeness (QED) is 0.920. The van der Waals surface area contributed by atoms with E-state index in [2.05, 4.69) is 34.3 Å². The summed E-state index contributed by atoms with van der Waals surface area (Å²) in [5, 5.41) is 3.11. The van der Waals surface area contributed by atoms with Gasteiger partial charge in [-0.1, -0.05) is 48.9 Å². The van der Waals surface area contributed by atoms with Crippen LogP contribution >= 0.6 is 11.6 Å². The van der Waals surface area contributed by atoms with E-state index in [1.54, 1.807) is 0 Å². The molecule has 1 amide bonds. The minimum Gasteiger partial charge on any atom is -0.351 e. The molecule has 1 atom stereocenters. The second-order valence-electron chi connectivity index (χ2n) is 4.58. The number of halogens is 1. The van der Waals surface area contributed by atoms with Crippen LogP contribution in [0.4, 0.5) is 0 Å². The number of benzene rings is 1. The van der Waals surface area contributed by atoms with E-state index in [9.17, 15) is 4.79 Å². The molecule has 2 rings (SSSR count). The molecule has 5 heteroatoms. The van der Waals surface area contributed by atoms with Crippen LogP contribution in [-0.2, 0) is 0 Å². The van der Waals surface area contributed by atoms with Crippen LogP contribution in [0.5, 0.6) is 0 Å². The van der Waals surface area contributed by atoms with Crippen LogP contribution < -0.4 is 5.32 Å². The van der Waals surface area contributed by atoms with Crippen LogP contribution in [0.1, 0.15) is 35.3 Å². The van der Waals surface area contributed by atoms with Crippen molar-refractivity contribution in [3.8, 4) is 0 Å². The van der Waals surface area contributed by atoms with Gasteiger partial charge in [-0.2, -0.15) is 0 Å². The van der Waals surface area contributed by atoms with Gasteiger partial charge in [0.15, 0.2) is 0 Å². The first-order valence-electron chi connectivity index (χ1n) is 6.47. The van der Waals surface area contributed by atoms with Crippen LogP contribution in [0.3, 0.4) is 0 Å². The number of hydrogen-bond acceptors (Lipinski definition) is 3. The zero-order valence-electron chi connectivity index (χ0n) is 11.2. The third-order valence-corrected chi connectivity index (χ3v) is 3.28. The highest BCUT2D eigenvalue weighted by atomic mass is 35.5. The lowest BCUT2D eigenvalue weighted by Crippen LogP contribution is -2.26. The molecule has 0 radical (unpaired) electrons. The maximum absolute atomic E-state index is 11.8. The van der Waals surface area contributed by atoms with E-state index in [-0.39, 0.29) is 16.8 Å². The first-order valence-corrected chi connectivity index (χ1v) is 6.85. The molecule has 4 nitrogen and oxygen atoms in total. The molecule has 1 heterocycles. The molecular formula is C15H16ClN3O. The number of nitrogens with zero attached hydrogens (tertiary/aromatic N) is 2. The van der Waals surface area contributed by atoms with Crippen molar-refractivity contribution in [2.45, 2.75) is 19.3 Å². The molecule has 0 saturated heterocycles. The number of aromatic nitrogens is 2. The van der Waals surface area contributed by atoms with E-state index in [0.29, 0.717) is 12.5 Å². The monoisotopic (exact) mass is 289 g/mol. The predicted molar refractivity (Wildman–Crippen MR) is 78.8 cm³/mol. The fourth-order valence-corrected chi connectivity index (χ4v) is 1.97. The summed E-state index contributed by atoms with van der Waals surface area (Å²) in [4.78, 5) is 19.6. The van der Waals surface area contributed by atoms with Crippen LogP contribution in [-0.4, -0.2) is 22.4 Å². The smallest absolute Gasteiger partial charge is 0.271 e. The van der Waals surface area contributed by atoms with Gasteiger partial charge in [-0.25, -0.2) is 9.97 Å². The van der Waals surface area contributed by atoms with E-state index in [4.69, 9.17) is 11.6 Å². The average molecular weight is 290 g/mol. The molecule has 1 aromatic carbocycles. The Hall–Kier alpha value is -1.94. The van der Waals surface area contributed by atoms with Crippen molar-refractivity contribution in [1.29, 1.82) is 0 Å². The molecule has 0 spiro atoms. The summed E-state index contributed by atoms with van der Waals surface area (Å²) in [6.45, 7) is 2.74. The van der Waals surface area contributed by atoms with E-state index in [0.717, 1.165) is 6.42 Å². The van der Waals surface area contributed by atoms with Crippen LogP contribution in [0.2, 0.25) is 5.15 Å². The fourth-order valence-electron chi connectivity index (χ4n) is 1.87. The van der Waals surface area contributed by atoms with Crippen molar-refractivity contribution in [1.82, 2.24) is 15.3 Å². The first kappa shape index (κ1) is 14.5. The lowest BCUT2D eigenvalue weighted by molar-refractivity contribution is 0.0947. The van der Waals surface area contributed by atoms with Crippen molar-refractivity contribution in [3.63, 3.8) is 0 Å². The number of rotatable bonds is 5. The van der Waals surface area contributed by atoms with Gasteiger partial charge in [-0.05, 0) is 17.9 Å². The molecule has 1 unspecified atom stereocenters. The van der Waals surface area contributed by atoms with Crippen molar-refractivity contribution < 1.29 is 4.79 Å².